The first kappa shape index (κ1) is 20.9. The van der Waals surface area contributed by atoms with Crippen molar-refractivity contribution < 1.29 is 14.3 Å². The molecular weight excluding hydrogens is 530 g/mol. The van der Waals surface area contributed by atoms with Gasteiger partial charge in [-0.3, -0.25) is 9.59 Å². The summed E-state index contributed by atoms with van der Waals surface area (Å²) in [6.07, 6.45) is 1.70. The van der Waals surface area contributed by atoms with E-state index in [4.69, 9.17) is 4.74 Å². The number of hydrogen-bond donors (Lipinski definition) is 0. The molecule has 0 atom stereocenters. The lowest BCUT2D eigenvalue weighted by molar-refractivity contribution is -0.113. The zero-order valence-electron chi connectivity index (χ0n) is 15.5. The quantitative estimate of drug-likeness (QED) is 0.323. The van der Waals surface area contributed by atoms with Crippen LogP contribution in [0.25, 0.3) is 6.08 Å². The zero-order chi connectivity index (χ0) is 21.1. The van der Waals surface area contributed by atoms with Gasteiger partial charge in [-0.15, -0.1) is 0 Å². The minimum atomic E-state index is -0.338. The van der Waals surface area contributed by atoms with Gasteiger partial charge in [0.1, 0.15) is 12.4 Å². The number of carbonyl (C=O) groups excluding carboxylic acids is 2. The molecule has 4 rings (SSSR count). The number of amides is 2. The number of hydrogen-bond acceptors (Lipinski definition) is 4. The Morgan fingerprint density at radius 2 is 1.60 bits per heavy atom. The lowest BCUT2D eigenvalue weighted by Gasteiger charge is -2.12. The van der Waals surface area contributed by atoms with Crippen molar-refractivity contribution in [1.29, 1.82) is 0 Å². The van der Waals surface area contributed by atoms with Gasteiger partial charge < -0.3 is 4.74 Å². The number of imide groups is 1. The van der Waals surface area contributed by atoms with E-state index >= 15 is 0 Å². The third-order valence-electron chi connectivity index (χ3n) is 4.37. The summed E-state index contributed by atoms with van der Waals surface area (Å²) in [5, 5.41) is -0.315. The Kier molecular flexibility index (Phi) is 6.41. The fourth-order valence-electron chi connectivity index (χ4n) is 2.91. The van der Waals surface area contributed by atoms with E-state index in [2.05, 4.69) is 31.9 Å². The molecule has 0 saturated carbocycles. The highest BCUT2D eigenvalue weighted by Crippen LogP contribution is 2.37. The van der Waals surface area contributed by atoms with Crippen molar-refractivity contribution in [2.45, 2.75) is 6.61 Å². The van der Waals surface area contributed by atoms with Crippen molar-refractivity contribution in [3.05, 3.63) is 97.8 Å². The second kappa shape index (κ2) is 9.20. The molecule has 1 saturated heterocycles. The SMILES string of the molecule is O=C1S/C(=C\c2cc(Br)ccc2OCc2ccc(Br)cc2)C(=O)N1c1ccccc1. The number of nitrogens with zero attached hydrogens (tertiary/aromatic N) is 1. The summed E-state index contributed by atoms with van der Waals surface area (Å²) in [4.78, 5) is 26.9. The molecule has 1 aliphatic heterocycles. The fraction of sp³-hybridized carbons (Fsp3) is 0.0435. The number of carbonyl (C=O) groups is 2. The molecule has 4 nitrogen and oxygen atoms in total. The minimum Gasteiger partial charge on any atom is -0.488 e. The molecule has 0 bridgehead atoms. The number of para-hydroxylation sites is 1. The minimum absolute atomic E-state index is 0.315. The van der Waals surface area contributed by atoms with Crippen LogP contribution < -0.4 is 9.64 Å². The van der Waals surface area contributed by atoms with Gasteiger partial charge in [-0.2, -0.15) is 0 Å². The summed E-state index contributed by atoms with van der Waals surface area (Å²) in [6.45, 7) is 0.390. The molecule has 1 aliphatic rings. The average molecular weight is 545 g/mol. The predicted octanol–water partition coefficient (Wildman–Crippen LogP) is 7.03. The number of ether oxygens (including phenoxy) is 1. The first-order valence-corrected chi connectivity index (χ1v) is 11.4. The Bertz CT molecular complexity index is 1130. The van der Waals surface area contributed by atoms with Crippen LogP contribution in [0.1, 0.15) is 11.1 Å². The molecule has 0 unspecified atom stereocenters. The molecule has 3 aromatic carbocycles. The molecule has 3 aromatic rings. The van der Waals surface area contributed by atoms with Gasteiger partial charge in [0, 0.05) is 14.5 Å². The fourth-order valence-corrected chi connectivity index (χ4v) is 4.39. The van der Waals surface area contributed by atoms with Crippen molar-refractivity contribution in [2.24, 2.45) is 0 Å². The van der Waals surface area contributed by atoms with Crippen molar-refractivity contribution >= 4 is 66.5 Å². The van der Waals surface area contributed by atoms with E-state index in [0.717, 1.165) is 31.8 Å². The van der Waals surface area contributed by atoms with Gasteiger partial charge in [0.25, 0.3) is 11.1 Å². The number of halogens is 2. The molecule has 0 spiro atoms. The smallest absolute Gasteiger partial charge is 0.298 e. The first-order valence-electron chi connectivity index (χ1n) is 9.01. The number of anilines is 1. The van der Waals surface area contributed by atoms with Crippen LogP contribution in [0, 0.1) is 0 Å². The van der Waals surface area contributed by atoms with Crippen molar-refractivity contribution in [3.63, 3.8) is 0 Å². The van der Waals surface area contributed by atoms with Crippen LogP contribution in [-0.4, -0.2) is 11.1 Å². The predicted molar refractivity (Wildman–Crippen MR) is 128 cm³/mol. The van der Waals surface area contributed by atoms with Gasteiger partial charge in [-0.25, -0.2) is 4.90 Å². The van der Waals surface area contributed by atoms with Crippen LogP contribution in [0.15, 0.2) is 86.6 Å². The Balaban J connectivity index is 1.60. The number of thioether (sulfide) groups is 1. The van der Waals surface area contributed by atoms with Gasteiger partial charge >= 0.3 is 0 Å². The topological polar surface area (TPSA) is 46.6 Å². The standard InChI is InChI=1S/C23H15Br2NO3S/c24-17-8-6-15(7-9-17)14-29-20-11-10-18(25)12-16(20)13-21-22(27)26(23(28)30-21)19-4-2-1-3-5-19/h1-13H,14H2/b21-13-. The molecule has 1 fully saturated rings. The highest BCUT2D eigenvalue weighted by molar-refractivity contribution is 9.10. The molecule has 150 valence electrons. The van der Waals surface area contributed by atoms with E-state index in [1.807, 2.05) is 48.5 Å². The third-order valence-corrected chi connectivity index (χ3v) is 6.27. The molecule has 0 aliphatic carbocycles. The van der Waals surface area contributed by atoms with Crippen molar-refractivity contribution in [1.82, 2.24) is 0 Å². The molecule has 1 heterocycles. The molecule has 7 heteroatoms. The first-order chi connectivity index (χ1) is 14.5. The lowest BCUT2D eigenvalue weighted by Crippen LogP contribution is -2.27. The summed E-state index contributed by atoms with van der Waals surface area (Å²) in [5.74, 6) is 0.294. The van der Waals surface area contributed by atoms with Gasteiger partial charge in [0.15, 0.2) is 0 Å². The van der Waals surface area contributed by atoms with E-state index in [1.54, 1.807) is 30.3 Å². The van der Waals surface area contributed by atoms with Gasteiger partial charge in [0.2, 0.25) is 0 Å². The van der Waals surface area contributed by atoms with Crippen LogP contribution >= 0.6 is 43.6 Å². The third kappa shape index (κ3) is 4.69. The molecule has 0 N–H and O–H groups in total. The number of rotatable bonds is 5. The molecular formula is C23H15Br2NO3S. The van der Waals surface area contributed by atoms with E-state index in [9.17, 15) is 9.59 Å². The van der Waals surface area contributed by atoms with Crippen LogP contribution in [-0.2, 0) is 11.4 Å². The Morgan fingerprint density at radius 1 is 0.900 bits per heavy atom. The van der Waals surface area contributed by atoms with Crippen molar-refractivity contribution in [3.8, 4) is 5.75 Å². The normalized spacial score (nSPS) is 15.1. The monoisotopic (exact) mass is 543 g/mol. The highest BCUT2D eigenvalue weighted by atomic mass is 79.9. The second-order valence-electron chi connectivity index (χ2n) is 6.45. The van der Waals surface area contributed by atoms with E-state index in [1.165, 1.54) is 4.90 Å². The summed E-state index contributed by atoms with van der Waals surface area (Å²) in [7, 11) is 0. The summed E-state index contributed by atoms with van der Waals surface area (Å²) in [5.41, 5.74) is 2.31. The van der Waals surface area contributed by atoms with Crippen LogP contribution in [0.5, 0.6) is 5.75 Å². The highest BCUT2D eigenvalue weighted by Gasteiger charge is 2.36. The Hall–Kier alpha value is -2.35. The van der Waals surface area contributed by atoms with Crippen LogP contribution in [0.2, 0.25) is 0 Å². The summed E-state index contributed by atoms with van der Waals surface area (Å²) < 4.78 is 7.86. The van der Waals surface area contributed by atoms with E-state index in [-0.39, 0.29) is 11.1 Å². The Labute approximate surface area is 195 Å². The van der Waals surface area contributed by atoms with Gasteiger partial charge in [0.05, 0.1) is 10.6 Å². The maximum Gasteiger partial charge on any atom is 0.298 e. The summed E-state index contributed by atoms with van der Waals surface area (Å²) in [6, 6.07) is 22.4. The average Bonchev–Trinajstić information content (AvgIpc) is 3.02. The maximum absolute atomic E-state index is 12.9. The molecule has 0 radical (unpaired) electrons. The van der Waals surface area contributed by atoms with E-state index < -0.39 is 0 Å². The van der Waals surface area contributed by atoms with Crippen molar-refractivity contribution in [2.75, 3.05) is 4.90 Å². The van der Waals surface area contributed by atoms with Gasteiger partial charge in [-0.05, 0) is 65.9 Å². The van der Waals surface area contributed by atoms with E-state index in [0.29, 0.717) is 22.9 Å². The maximum atomic E-state index is 12.9. The molecule has 30 heavy (non-hydrogen) atoms. The lowest BCUT2D eigenvalue weighted by atomic mass is 10.1. The summed E-state index contributed by atoms with van der Waals surface area (Å²) >= 11 is 7.81. The van der Waals surface area contributed by atoms with Gasteiger partial charge in [-0.1, -0.05) is 62.2 Å². The van der Waals surface area contributed by atoms with Crippen LogP contribution in [0.3, 0.4) is 0 Å². The Morgan fingerprint density at radius 3 is 2.33 bits per heavy atom. The van der Waals surface area contributed by atoms with Crippen LogP contribution in [0.4, 0.5) is 10.5 Å². The second-order valence-corrected chi connectivity index (χ2v) is 9.27. The number of benzene rings is 3. The largest absolute Gasteiger partial charge is 0.488 e. The molecule has 0 aromatic heterocycles. The molecule has 2 amide bonds. The zero-order valence-corrected chi connectivity index (χ0v) is 19.5.